The Hall–Kier alpha value is -4.23. The minimum atomic E-state index is -0.230. The van der Waals surface area contributed by atoms with Crippen LogP contribution < -0.4 is 15.8 Å². The Labute approximate surface area is 201 Å². The first-order chi connectivity index (χ1) is 16.6. The minimum absolute atomic E-state index is 0.230. The Bertz CT molecular complexity index is 1450. The molecule has 5 rings (SSSR count). The van der Waals surface area contributed by atoms with Gasteiger partial charge in [0.1, 0.15) is 15.5 Å². The first-order valence-electron chi connectivity index (χ1n) is 10.7. The largest absolute Gasteiger partial charge is 0.497 e. The van der Waals surface area contributed by atoms with Crippen LogP contribution in [0.2, 0.25) is 0 Å². The zero-order valence-electron chi connectivity index (χ0n) is 18.5. The normalized spacial score (nSPS) is 10.9. The average Bonchev–Trinajstić information content (AvgIpc) is 3.24. The molecule has 34 heavy (non-hydrogen) atoms. The van der Waals surface area contributed by atoms with Gasteiger partial charge in [0.25, 0.3) is 5.91 Å². The summed E-state index contributed by atoms with van der Waals surface area (Å²) in [7, 11) is 1.64. The highest BCUT2D eigenvalue weighted by Crippen LogP contribution is 2.41. The number of aromatic nitrogens is 2. The van der Waals surface area contributed by atoms with Crippen LogP contribution in [0.3, 0.4) is 0 Å². The van der Waals surface area contributed by atoms with Gasteiger partial charge in [-0.25, -0.2) is 4.98 Å². The first kappa shape index (κ1) is 21.6. The zero-order valence-corrected chi connectivity index (χ0v) is 19.3. The number of fused-ring (bicyclic) bond motifs is 1. The fourth-order valence-electron chi connectivity index (χ4n) is 3.81. The molecule has 7 heteroatoms. The highest BCUT2D eigenvalue weighted by Gasteiger charge is 2.21. The summed E-state index contributed by atoms with van der Waals surface area (Å²) < 4.78 is 5.32. The van der Waals surface area contributed by atoms with Gasteiger partial charge in [-0.2, -0.15) is 0 Å². The molecule has 3 heterocycles. The number of carbonyl (C=O) groups excluding carboxylic acids is 1. The Morgan fingerprint density at radius 3 is 2.53 bits per heavy atom. The van der Waals surface area contributed by atoms with E-state index in [2.05, 4.69) is 10.3 Å². The molecule has 0 atom stereocenters. The summed E-state index contributed by atoms with van der Waals surface area (Å²) in [6.07, 6.45) is 3.43. The molecule has 0 fully saturated rings. The van der Waals surface area contributed by atoms with Gasteiger partial charge in [-0.15, -0.1) is 11.3 Å². The number of rotatable bonds is 6. The molecule has 0 radical (unpaired) electrons. The van der Waals surface area contributed by atoms with E-state index in [1.165, 1.54) is 11.3 Å². The van der Waals surface area contributed by atoms with Crippen molar-refractivity contribution in [1.82, 2.24) is 15.3 Å². The number of nitrogens with one attached hydrogen (secondary N) is 1. The third kappa shape index (κ3) is 4.21. The number of benzene rings is 2. The van der Waals surface area contributed by atoms with Crippen LogP contribution in [-0.2, 0) is 6.54 Å². The molecule has 3 N–H and O–H groups in total. The van der Waals surface area contributed by atoms with Crippen LogP contribution in [0.1, 0.15) is 15.2 Å². The lowest BCUT2D eigenvalue weighted by atomic mass is 9.99. The molecular weight excluding hydrogens is 444 g/mol. The van der Waals surface area contributed by atoms with E-state index in [-0.39, 0.29) is 5.91 Å². The van der Waals surface area contributed by atoms with E-state index in [1.54, 1.807) is 19.5 Å². The number of nitrogens with zero attached hydrogens (tertiary/aromatic N) is 2. The molecule has 2 aromatic carbocycles. The molecule has 0 aliphatic heterocycles. The third-order valence-corrected chi connectivity index (χ3v) is 6.65. The van der Waals surface area contributed by atoms with Gasteiger partial charge >= 0.3 is 0 Å². The van der Waals surface area contributed by atoms with E-state index in [1.807, 2.05) is 72.8 Å². The molecule has 0 aliphatic carbocycles. The Morgan fingerprint density at radius 1 is 1.03 bits per heavy atom. The van der Waals surface area contributed by atoms with E-state index in [4.69, 9.17) is 15.5 Å². The number of anilines is 1. The van der Waals surface area contributed by atoms with Crippen LogP contribution in [-0.4, -0.2) is 23.0 Å². The van der Waals surface area contributed by atoms with Crippen LogP contribution >= 0.6 is 11.3 Å². The van der Waals surface area contributed by atoms with Gasteiger partial charge in [-0.1, -0.05) is 48.5 Å². The van der Waals surface area contributed by atoms with Crippen molar-refractivity contribution in [3.8, 4) is 28.1 Å². The van der Waals surface area contributed by atoms with Gasteiger partial charge < -0.3 is 15.8 Å². The van der Waals surface area contributed by atoms with Crippen LogP contribution in [0, 0.1) is 0 Å². The molecule has 0 bridgehead atoms. The Balaban J connectivity index is 1.61. The second kappa shape index (κ2) is 9.33. The lowest BCUT2D eigenvalue weighted by molar-refractivity contribution is 0.0956. The van der Waals surface area contributed by atoms with Crippen molar-refractivity contribution in [3.05, 3.63) is 95.6 Å². The minimum Gasteiger partial charge on any atom is -0.497 e. The van der Waals surface area contributed by atoms with Crippen molar-refractivity contribution in [2.45, 2.75) is 6.54 Å². The van der Waals surface area contributed by atoms with Crippen molar-refractivity contribution in [2.75, 3.05) is 12.8 Å². The van der Waals surface area contributed by atoms with Gasteiger partial charge in [-0.05, 0) is 41.0 Å². The van der Waals surface area contributed by atoms with Gasteiger partial charge in [-0.3, -0.25) is 9.78 Å². The molecule has 3 aromatic heterocycles. The number of thiophene rings is 1. The predicted molar refractivity (Wildman–Crippen MR) is 137 cm³/mol. The predicted octanol–water partition coefficient (Wildman–Crippen LogP) is 5.55. The van der Waals surface area contributed by atoms with Crippen molar-refractivity contribution >= 4 is 33.1 Å². The van der Waals surface area contributed by atoms with Crippen LogP contribution in [0.5, 0.6) is 5.75 Å². The number of nitrogen functional groups attached to an aromatic ring is 1. The number of hydrogen-bond donors (Lipinski definition) is 2. The van der Waals surface area contributed by atoms with E-state index in [0.29, 0.717) is 17.1 Å². The maximum absolute atomic E-state index is 13.0. The lowest BCUT2D eigenvalue weighted by Gasteiger charge is -2.10. The SMILES string of the molecule is COc1ccc(-c2cc(-c3ccccc3)nc3sc(C(=O)NCc4cccnc4)c(N)c23)cc1. The number of amides is 1. The molecule has 0 spiro atoms. The van der Waals surface area contributed by atoms with Gasteiger partial charge in [0.2, 0.25) is 0 Å². The monoisotopic (exact) mass is 466 g/mol. The van der Waals surface area contributed by atoms with Gasteiger partial charge in [0, 0.05) is 29.9 Å². The quantitative estimate of drug-likeness (QED) is 0.343. The lowest BCUT2D eigenvalue weighted by Crippen LogP contribution is -2.22. The second-order valence-corrected chi connectivity index (χ2v) is 8.72. The van der Waals surface area contributed by atoms with E-state index in [9.17, 15) is 4.79 Å². The van der Waals surface area contributed by atoms with Gasteiger partial charge in [0.05, 0.1) is 18.5 Å². The number of hydrogen-bond acceptors (Lipinski definition) is 6. The summed E-state index contributed by atoms with van der Waals surface area (Å²) in [4.78, 5) is 23.2. The van der Waals surface area contributed by atoms with Crippen molar-refractivity contribution in [2.24, 2.45) is 0 Å². The molecule has 0 aliphatic rings. The average molecular weight is 467 g/mol. The van der Waals surface area contributed by atoms with Crippen molar-refractivity contribution in [1.29, 1.82) is 0 Å². The number of carbonyl (C=O) groups is 1. The molecule has 0 saturated heterocycles. The number of nitrogens with two attached hydrogens (primary N) is 1. The summed E-state index contributed by atoms with van der Waals surface area (Å²) in [6.45, 7) is 0.369. The first-order valence-corrected chi connectivity index (χ1v) is 11.6. The molecule has 0 saturated carbocycles. The van der Waals surface area contributed by atoms with E-state index < -0.39 is 0 Å². The van der Waals surface area contributed by atoms with Crippen molar-refractivity contribution in [3.63, 3.8) is 0 Å². The van der Waals surface area contributed by atoms with E-state index in [0.717, 1.165) is 43.9 Å². The molecule has 6 nitrogen and oxygen atoms in total. The summed E-state index contributed by atoms with van der Waals surface area (Å²) in [6, 6.07) is 23.5. The van der Waals surface area contributed by atoms with Crippen LogP contribution in [0.15, 0.2) is 85.2 Å². The van der Waals surface area contributed by atoms with Gasteiger partial charge in [0.15, 0.2) is 0 Å². The number of methoxy groups -OCH3 is 1. The maximum atomic E-state index is 13.0. The van der Waals surface area contributed by atoms with Crippen LogP contribution in [0.25, 0.3) is 32.6 Å². The summed E-state index contributed by atoms with van der Waals surface area (Å²) in [5, 5.41) is 3.72. The summed E-state index contributed by atoms with van der Waals surface area (Å²) >= 11 is 1.30. The molecule has 5 aromatic rings. The maximum Gasteiger partial charge on any atom is 0.263 e. The molecule has 1 amide bonds. The highest BCUT2D eigenvalue weighted by atomic mass is 32.1. The standard InChI is InChI=1S/C27H22N4O2S/c1-33-20-11-9-18(10-12-20)21-14-22(19-7-3-2-4-8-19)31-27-23(21)24(28)25(34-27)26(32)30-16-17-6-5-13-29-15-17/h2-15H,16,28H2,1H3,(H,30,32). The zero-order chi connectivity index (χ0) is 23.5. The molecular formula is C27H22N4O2S. The Kier molecular flexibility index (Phi) is 5.93. The highest BCUT2D eigenvalue weighted by molar-refractivity contribution is 7.21. The summed E-state index contributed by atoms with van der Waals surface area (Å²) in [5.41, 5.74) is 11.6. The fraction of sp³-hybridized carbons (Fsp3) is 0.0741. The van der Waals surface area contributed by atoms with Crippen LogP contribution in [0.4, 0.5) is 5.69 Å². The summed E-state index contributed by atoms with van der Waals surface area (Å²) in [5.74, 6) is 0.539. The number of pyridine rings is 2. The topological polar surface area (TPSA) is 90.1 Å². The Morgan fingerprint density at radius 2 is 1.82 bits per heavy atom. The van der Waals surface area contributed by atoms with E-state index >= 15 is 0 Å². The second-order valence-electron chi connectivity index (χ2n) is 7.72. The number of ether oxygens (including phenoxy) is 1. The molecule has 168 valence electrons. The smallest absolute Gasteiger partial charge is 0.263 e. The van der Waals surface area contributed by atoms with Crippen molar-refractivity contribution < 1.29 is 9.53 Å². The third-order valence-electron chi connectivity index (χ3n) is 5.55. The molecule has 0 unspecified atom stereocenters. The fourth-order valence-corrected chi connectivity index (χ4v) is 4.85.